The molecule has 5 nitrogen and oxygen atoms in total. The lowest BCUT2D eigenvalue weighted by Gasteiger charge is -2.12. The molecule has 0 aromatic carbocycles. The summed E-state index contributed by atoms with van der Waals surface area (Å²) in [6.45, 7) is 6.93. The molecule has 0 aliphatic heterocycles. The van der Waals surface area contributed by atoms with E-state index in [1.807, 2.05) is 25.2 Å². The fraction of sp³-hybridized carbons (Fsp3) is 0.429. The maximum absolute atomic E-state index is 5.51. The van der Waals surface area contributed by atoms with Gasteiger partial charge in [-0.3, -0.25) is 0 Å². The van der Waals surface area contributed by atoms with E-state index in [0.29, 0.717) is 5.82 Å². The van der Waals surface area contributed by atoms with Crippen molar-refractivity contribution < 1.29 is 0 Å². The zero-order valence-electron chi connectivity index (χ0n) is 12.2. The highest BCUT2D eigenvalue weighted by molar-refractivity contribution is 7.12. The van der Waals surface area contributed by atoms with E-state index in [0.717, 1.165) is 36.6 Å². The second-order valence-corrected chi connectivity index (χ2v) is 5.79. The van der Waals surface area contributed by atoms with E-state index in [-0.39, 0.29) is 0 Å². The Kier molecular flexibility index (Phi) is 4.92. The second-order valence-electron chi connectivity index (χ2n) is 4.54. The highest BCUT2D eigenvalue weighted by Gasteiger charge is 2.09. The largest absolute Gasteiger partial charge is 0.365 e. The predicted octanol–water partition coefficient (Wildman–Crippen LogP) is 2.87. The van der Waals surface area contributed by atoms with Crippen LogP contribution in [0.2, 0.25) is 0 Å². The van der Waals surface area contributed by atoms with Gasteiger partial charge in [-0.05, 0) is 25.5 Å². The highest BCUT2D eigenvalue weighted by Crippen LogP contribution is 2.22. The molecule has 0 saturated heterocycles. The summed E-state index contributed by atoms with van der Waals surface area (Å²) < 4.78 is 0. The van der Waals surface area contributed by atoms with Crippen LogP contribution in [0.5, 0.6) is 0 Å². The molecule has 4 N–H and O–H groups in total. The van der Waals surface area contributed by atoms with Crippen molar-refractivity contribution in [3.05, 3.63) is 33.3 Å². The van der Waals surface area contributed by atoms with Crippen LogP contribution in [0.3, 0.4) is 0 Å². The first-order valence-electron chi connectivity index (χ1n) is 6.83. The third-order valence-corrected chi connectivity index (χ3v) is 4.37. The Morgan fingerprint density at radius 2 is 1.80 bits per heavy atom. The maximum Gasteiger partial charge on any atom is 0.148 e. The fourth-order valence-electron chi connectivity index (χ4n) is 1.91. The number of hydrogen-bond donors (Lipinski definition) is 3. The third kappa shape index (κ3) is 3.26. The van der Waals surface area contributed by atoms with Crippen molar-refractivity contribution >= 4 is 23.0 Å². The lowest BCUT2D eigenvalue weighted by atomic mass is 10.3. The van der Waals surface area contributed by atoms with E-state index in [9.17, 15) is 0 Å². The van der Waals surface area contributed by atoms with Crippen LogP contribution in [0.1, 0.15) is 35.0 Å². The highest BCUT2D eigenvalue weighted by atomic mass is 32.1. The molecule has 0 aliphatic rings. The van der Waals surface area contributed by atoms with Gasteiger partial charge in [-0.2, -0.15) is 0 Å². The van der Waals surface area contributed by atoms with Gasteiger partial charge >= 0.3 is 0 Å². The van der Waals surface area contributed by atoms with Crippen molar-refractivity contribution in [1.29, 1.82) is 0 Å². The first-order chi connectivity index (χ1) is 9.67. The van der Waals surface area contributed by atoms with Gasteiger partial charge in [0.2, 0.25) is 0 Å². The zero-order chi connectivity index (χ0) is 14.5. The van der Waals surface area contributed by atoms with E-state index in [2.05, 4.69) is 39.8 Å². The third-order valence-electron chi connectivity index (χ3n) is 3.14. The topological polar surface area (TPSA) is 75.9 Å². The van der Waals surface area contributed by atoms with Crippen LogP contribution in [0, 0.1) is 6.92 Å². The predicted molar refractivity (Wildman–Crippen MR) is 85.0 cm³/mol. The first-order valence-corrected chi connectivity index (χ1v) is 7.65. The quantitative estimate of drug-likeness (QED) is 0.563. The van der Waals surface area contributed by atoms with Crippen molar-refractivity contribution in [3.63, 3.8) is 0 Å². The fourth-order valence-corrected chi connectivity index (χ4v) is 2.81. The summed E-state index contributed by atoms with van der Waals surface area (Å²) in [7, 11) is 0. The number of anilines is 2. The number of aryl methyl sites for hydroxylation is 2. The maximum atomic E-state index is 5.51. The van der Waals surface area contributed by atoms with E-state index < -0.39 is 0 Å². The van der Waals surface area contributed by atoms with Gasteiger partial charge in [-0.1, -0.05) is 13.8 Å². The van der Waals surface area contributed by atoms with Crippen molar-refractivity contribution in [1.82, 2.24) is 9.97 Å². The molecule has 0 aliphatic carbocycles. The molecule has 108 valence electrons. The van der Waals surface area contributed by atoms with E-state index in [1.54, 1.807) is 0 Å². The number of nitrogens with two attached hydrogens (primary N) is 1. The van der Waals surface area contributed by atoms with Crippen LogP contribution in [0.4, 0.5) is 11.6 Å². The minimum absolute atomic E-state index is 0.680. The molecule has 6 heteroatoms. The molecule has 0 amide bonds. The summed E-state index contributed by atoms with van der Waals surface area (Å²) in [4.78, 5) is 11.6. The lowest BCUT2D eigenvalue weighted by molar-refractivity contribution is 0.922. The zero-order valence-corrected chi connectivity index (χ0v) is 13.0. The van der Waals surface area contributed by atoms with Gasteiger partial charge in [-0.25, -0.2) is 15.8 Å². The number of thiophene rings is 1. The smallest absolute Gasteiger partial charge is 0.148 e. The van der Waals surface area contributed by atoms with Crippen LogP contribution in [0.15, 0.2) is 12.1 Å². The Morgan fingerprint density at radius 3 is 2.40 bits per heavy atom. The Morgan fingerprint density at radius 1 is 1.10 bits per heavy atom. The minimum Gasteiger partial charge on any atom is -0.365 e. The van der Waals surface area contributed by atoms with Gasteiger partial charge < -0.3 is 10.7 Å². The van der Waals surface area contributed by atoms with Crippen LogP contribution < -0.4 is 16.6 Å². The van der Waals surface area contributed by atoms with Crippen LogP contribution in [0.25, 0.3) is 0 Å². The van der Waals surface area contributed by atoms with Crippen molar-refractivity contribution in [2.45, 2.75) is 40.2 Å². The number of nitrogen functional groups attached to an aromatic ring is 1. The Hall–Kier alpha value is -1.66. The summed E-state index contributed by atoms with van der Waals surface area (Å²) >= 11 is 1.83. The molecular formula is C14H21N5S. The number of nitrogens with zero attached hydrogens (tertiary/aromatic N) is 2. The number of nitrogens with one attached hydrogen (secondary N) is 2. The normalized spacial score (nSPS) is 10.6. The summed E-state index contributed by atoms with van der Waals surface area (Å²) in [6, 6.07) is 4.34. The van der Waals surface area contributed by atoms with Crippen LogP contribution in [-0.2, 0) is 19.4 Å². The number of rotatable bonds is 6. The van der Waals surface area contributed by atoms with Crippen molar-refractivity contribution in [2.75, 3.05) is 10.7 Å². The average Bonchev–Trinajstić information content (AvgIpc) is 2.94. The second kappa shape index (κ2) is 6.67. The van der Waals surface area contributed by atoms with E-state index in [1.165, 1.54) is 9.75 Å². The van der Waals surface area contributed by atoms with Crippen molar-refractivity contribution in [3.8, 4) is 0 Å². The van der Waals surface area contributed by atoms with Crippen LogP contribution in [-0.4, -0.2) is 9.97 Å². The molecule has 0 radical (unpaired) electrons. The molecule has 20 heavy (non-hydrogen) atoms. The molecule has 0 fully saturated rings. The number of hydrogen-bond acceptors (Lipinski definition) is 6. The summed E-state index contributed by atoms with van der Waals surface area (Å²) in [5.74, 6) is 7.81. The van der Waals surface area contributed by atoms with Gasteiger partial charge in [0, 0.05) is 21.7 Å². The number of aromatic nitrogens is 2. The molecular weight excluding hydrogens is 270 g/mol. The van der Waals surface area contributed by atoms with Gasteiger partial charge in [0.1, 0.15) is 17.5 Å². The van der Waals surface area contributed by atoms with E-state index in [4.69, 9.17) is 5.84 Å². The van der Waals surface area contributed by atoms with E-state index >= 15 is 0 Å². The molecule has 0 unspecified atom stereocenters. The Balaban J connectivity index is 2.15. The average molecular weight is 291 g/mol. The van der Waals surface area contributed by atoms with Gasteiger partial charge in [0.25, 0.3) is 0 Å². The van der Waals surface area contributed by atoms with Gasteiger partial charge in [-0.15, -0.1) is 11.3 Å². The minimum atomic E-state index is 0.680. The van der Waals surface area contributed by atoms with Crippen LogP contribution >= 0.6 is 11.3 Å². The summed E-state index contributed by atoms with van der Waals surface area (Å²) in [5.41, 5.74) is 3.57. The molecule has 0 atom stereocenters. The molecule has 0 spiro atoms. The molecule has 2 rings (SSSR count). The Labute approximate surface area is 123 Å². The molecule has 0 bridgehead atoms. The van der Waals surface area contributed by atoms with Gasteiger partial charge in [0.05, 0.1) is 6.54 Å². The first kappa shape index (κ1) is 14.7. The Bertz CT molecular complexity index is 579. The number of hydrazine groups is 1. The lowest BCUT2D eigenvalue weighted by Crippen LogP contribution is -2.14. The van der Waals surface area contributed by atoms with Crippen molar-refractivity contribution in [2.24, 2.45) is 5.84 Å². The molecule has 2 heterocycles. The molecule has 0 saturated carbocycles. The molecule has 2 aromatic rings. The summed E-state index contributed by atoms with van der Waals surface area (Å²) in [5, 5.41) is 3.38. The van der Waals surface area contributed by atoms with Gasteiger partial charge in [0.15, 0.2) is 0 Å². The standard InChI is InChI=1S/C14H21N5S/c1-4-10-6-7-11(20-10)8-16-13-9(3)14(19-15)18-12(5-2)17-13/h6-7H,4-5,8,15H2,1-3H3,(H2,16,17,18,19). The molecule has 2 aromatic heterocycles. The SMILES string of the molecule is CCc1nc(NN)c(C)c(NCc2ccc(CC)s2)n1. The monoisotopic (exact) mass is 291 g/mol. The summed E-state index contributed by atoms with van der Waals surface area (Å²) in [6.07, 6.45) is 1.86.